The van der Waals surface area contributed by atoms with Crippen LogP contribution in [0.4, 0.5) is 5.69 Å². The van der Waals surface area contributed by atoms with Crippen molar-refractivity contribution >= 4 is 29.2 Å². The Bertz CT molecular complexity index is 1150. The minimum atomic E-state index is -0.779. The van der Waals surface area contributed by atoms with Crippen LogP contribution in [0.15, 0.2) is 66.7 Å². The maximum atomic E-state index is 12.8. The van der Waals surface area contributed by atoms with Crippen LogP contribution in [0.3, 0.4) is 0 Å². The average Bonchev–Trinajstić information content (AvgIpc) is 3.57. The molecule has 0 heterocycles. The van der Waals surface area contributed by atoms with Crippen molar-refractivity contribution in [2.24, 2.45) is 5.92 Å². The van der Waals surface area contributed by atoms with Gasteiger partial charge >= 0.3 is 5.97 Å². The number of ether oxygens (including phenoxy) is 1. The molecule has 0 radical (unpaired) electrons. The van der Waals surface area contributed by atoms with Crippen molar-refractivity contribution < 1.29 is 19.4 Å². The average molecular weight is 450 g/mol. The van der Waals surface area contributed by atoms with Crippen LogP contribution in [0.25, 0.3) is 0 Å². The number of aryl methyl sites for hydroxylation is 1. The predicted octanol–water partition coefficient (Wildman–Crippen LogP) is 5.71. The first-order valence-electron chi connectivity index (χ1n) is 10.5. The first-order chi connectivity index (χ1) is 15.4. The highest BCUT2D eigenvalue weighted by molar-refractivity contribution is 6.34. The summed E-state index contributed by atoms with van der Waals surface area (Å²) in [5.74, 6) is -0.838. The van der Waals surface area contributed by atoms with Crippen molar-refractivity contribution in [1.29, 1.82) is 0 Å². The van der Waals surface area contributed by atoms with Crippen LogP contribution in [-0.4, -0.2) is 23.6 Å². The van der Waals surface area contributed by atoms with E-state index in [1.54, 1.807) is 18.2 Å². The van der Waals surface area contributed by atoms with Crippen molar-refractivity contribution in [3.63, 3.8) is 0 Å². The monoisotopic (exact) mass is 449 g/mol. The molecule has 1 aliphatic carbocycles. The first-order valence-corrected chi connectivity index (χ1v) is 10.9. The van der Waals surface area contributed by atoms with Crippen molar-refractivity contribution in [1.82, 2.24) is 0 Å². The molecule has 2 N–H and O–H groups in total. The highest BCUT2D eigenvalue weighted by Crippen LogP contribution is 2.48. The van der Waals surface area contributed by atoms with E-state index in [-0.39, 0.29) is 17.7 Å². The molecule has 3 aromatic rings. The molecule has 164 valence electrons. The fourth-order valence-corrected chi connectivity index (χ4v) is 3.99. The molecule has 6 heteroatoms. The topological polar surface area (TPSA) is 75.6 Å². The van der Waals surface area contributed by atoms with Crippen molar-refractivity contribution in [3.8, 4) is 5.75 Å². The minimum Gasteiger partial charge on any atom is -0.493 e. The molecule has 1 aliphatic rings. The van der Waals surface area contributed by atoms with E-state index in [2.05, 4.69) is 5.32 Å². The number of carbonyl (C=O) groups excluding carboxylic acids is 1. The van der Waals surface area contributed by atoms with Crippen LogP contribution >= 0.6 is 11.6 Å². The molecule has 0 spiro atoms. The molecule has 2 atom stereocenters. The molecule has 1 fully saturated rings. The normalized spacial score (nSPS) is 16.9. The molecular formula is C26H24ClNO4. The smallest absolute Gasteiger partial charge is 0.307 e. The lowest BCUT2D eigenvalue weighted by Gasteiger charge is -2.12. The summed E-state index contributed by atoms with van der Waals surface area (Å²) in [5, 5.41) is 12.4. The molecule has 0 unspecified atom stereocenters. The number of amides is 1. The first kappa shape index (κ1) is 21.9. The fraction of sp³-hybridized carbons (Fsp3) is 0.231. The number of rotatable bonds is 8. The van der Waals surface area contributed by atoms with Gasteiger partial charge in [-0.3, -0.25) is 9.59 Å². The van der Waals surface area contributed by atoms with E-state index < -0.39 is 5.97 Å². The molecule has 1 saturated carbocycles. The number of hydrogen-bond donors (Lipinski definition) is 2. The summed E-state index contributed by atoms with van der Waals surface area (Å²) in [6.07, 6.45) is 1.41. The van der Waals surface area contributed by atoms with Gasteiger partial charge in [0.05, 0.1) is 23.1 Å². The summed E-state index contributed by atoms with van der Waals surface area (Å²) >= 11 is 6.37. The Morgan fingerprint density at radius 1 is 1.09 bits per heavy atom. The van der Waals surface area contributed by atoms with Gasteiger partial charge in [0, 0.05) is 12.1 Å². The Labute approximate surface area is 192 Å². The second kappa shape index (κ2) is 9.45. The van der Waals surface area contributed by atoms with Crippen LogP contribution in [0.1, 0.15) is 39.4 Å². The summed E-state index contributed by atoms with van der Waals surface area (Å²) in [6.45, 7) is 2.41. The number of carboxylic acid groups (broad SMARTS) is 1. The van der Waals surface area contributed by atoms with Gasteiger partial charge in [0.25, 0.3) is 5.91 Å². The SMILES string of the molecule is Cc1ccc([C@H]2C[C@H]2C(=O)O)cc1NC(=O)c1ccc(OCCc2ccccc2)cc1Cl. The van der Waals surface area contributed by atoms with Gasteiger partial charge < -0.3 is 15.2 Å². The second-order valence-corrected chi connectivity index (χ2v) is 8.45. The standard InChI is InChI=1S/C26H24ClNO4/c1-16-7-8-18(21-15-22(21)26(30)31)13-24(16)28-25(29)20-10-9-19(14-23(20)27)32-12-11-17-5-3-2-4-6-17/h2-10,13-14,21-22H,11-12,15H2,1H3,(H,28,29)(H,30,31)/t21-,22-/m1/s1. The zero-order valence-electron chi connectivity index (χ0n) is 17.7. The van der Waals surface area contributed by atoms with E-state index in [4.69, 9.17) is 16.3 Å². The third-order valence-corrected chi connectivity index (χ3v) is 6.05. The van der Waals surface area contributed by atoms with Gasteiger partial charge in [-0.1, -0.05) is 54.1 Å². The van der Waals surface area contributed by atoms with Gasteiger partial charge in [-0.15, -0.1) is 0 Å². The summed E-state index contributed by atoms with van der Waals surface area (Å²) in [6, 6.07) is 20.8. The minimum absolute atomic E-state index is 0.000316. The molecule has 3 aromatic carbocycles. The lowest BCUT2D eigenvalue weighted by Crippen LogP contribution is -2.14. The number of aliphatic carboxylic acids is 1. The van der Waals surface area contributed by atoms with Crippen LogP contribution in [0, 0.1) is 12.8 Å². The Hall–Kier alpha value is -3.31. The molecule has 0 saturated heterocycles. The van der Waals surface area contributed by atoms with Gasteiger partial charge in [-0.05, 0) is 60.2 Å². The Morgan fingerprint density at radius 2 is 1.88 bits per heavy atom. The van der Waals surface area contributed by atoms with E-state index >= 15 is 0 Å². The summed E-state index contributed by atoms with van der Waals surface area (Å²) in [5.41, 5.74) is 4.01. The Balaban J connectivity index is 1.40. The number of nitrogens with one attached hydrogen (secondary N) is 1. The molecule has 1 amide bonds. The number of halogens is 1. The summed E-state index contributed by atoms with van der Waals surface area (Å²) in [4.78, 5) is 24.0. The second-order valence-electron chi connectivity index (χ2n) is 8.04. The zero-order chi connectivity index (χ0) is 22.7. The van der Waals surface area contributed by atoms with Crippen molar-refractivity contribution in [2.45, 2.75) is 25.7 Å². The number of anilines is 1. The predicted molar refractivity (Wildman–Crippen MR) is 125 cm³/mol. The molecular weight excluding hydrogens is 426 g/mol. The van der Waals surface area contributed by atoms with Gasteiger partial charge in [0.15, 0.2) is 0 Å². The van der Waals surface area contributed by atoms with E-state index in [0.717, 1.165) is 17.5 Å². The maximum Gasteiger partial charge on any atom is 0.307 e. The maximum absolute atomic E-state index is 12.8. The van der Waals surface area contributed by atoms with Crippen molar-refractivity contribution in [3.05, 3.63) is 94.0 Å². The largest absolute Gasteiger partial charge is 0.493 e. The van der Waals surface area contributed by atoms with Crippen LogP contribution in [0.5, 0.6) is 5.75 Å². The van der Waals surface area contributed by atoms with E-state index in [1.165, 1.54) is 5.56 Å². The van der Waals surface area contributed by atoms with Crippen LogP contribution < -0.4 is 10.1 Å². The number of hydrogen-bond acceptors (Lipinski definition) is 3. The molecule has 32 heavy (non-hydrogen) atoms. The molecule has 0 bridgehead atoms. The van der Waals surface area contributed by atoms with Gasteiger partial charge in [0.1, 0.15) is 5.75 Å². The van der Waals surface area contributed by atoms with Gasteiger partial charge in [-0.2, -0.15) is 0 Å². The Morgan fingerprint density at radius 3 is 2.56 bits per heavy atom. The zero-order valence-corrected chi connectivity index (χ0v) is 18.4. The highest BCUT2D eigenvalue weighted by atomic mass is 35.5. The van der Waals surface area contributed by atoms with E-state index in [9.17, 15) is 14.7 Å². The van der Waals surface area contributed by atoms with Crippen LogP contribution in [-0.2, 0) is 11.2 Å². The third kappa shape index (κ3) is 5.11. The summed E-state index contributed by atoms with van der Waals surface area (Å²) in [7, 11) is 0. The number of benzene rings is 3. The number of carbonyl (C=O) groups is 2. The molecule has 4 rings (SSSR count). The quantitative estimate of drug-likeness (QED) is 0.461. The molecule has 0 aliphatic heterocycles. The number of carboxylic acids is 1. The van der Waals surface area contributed by atoms with Gasteiger partial charge in [0.2, 0.25) is 0 Å². The van der Waals surface area contributed by atoms with Gasteiger partial charge in [-0.25, -0.2) is 0 Å². The van der Waals surface area contributed by atoms with Crippen LogP contribution in [0.2, 0.25) is 5.02 Å². The molecule has 0 aromatic heterocycles. The fourth-order valence-electron chi connectivity index (χ4n) is 3.73. The lowest BCUT2D eigenvalue weighted by molar-refractivity contribution is -0.138. The lowest BCUT2D eigenvalue weighted by atomic mass is 10.0. The third-order valence-electron chi connectivity index (χ3n) is 5.73. The summed E-state index contributed by atoms with van der Waals surface area (Å²) < 4.78 is 5.78. The van der Waals surface area contributed by atoms with E-state index in [0.29, 0.717) is 35.1 Å². The van der Waals surface area contributed by atoms with E-state index in [1.807, 2.05) is 55.5 Å². The highest BCUT2D eigenvalue weighted by Gasteiger charge is 2.44. The Kier molecular flexibility index (Phi) is 6.47. The molecule has 5 nitrogen and oxygen atoms in total. The van der Waals surface area contributed by atoms with Crippen molar-refractivity contribution in [2.75, 3.05) is 11.9 Å².